The average molecular weight is 395 g/mol. The second-order valence-electron chi connectivity index (χ2n) is 8.14. The normalized spacial score (nSPS) is 14.9. The van der Waals surface area contributed by atoms with E-state index in [1.165, 1.54) is 5.56 Å². The van der Waals surface area contributed by atoms with Crippen molar-refractivity contribution in [2.45, 2.75) is 59.0 Å². The van der Waals surface area contributed by atoms with Gasteiger partial charge in [-0.05, 0) is 69.0 Å². The quantitative estimate of drug-likeness (QED) is 0.729. The zero-order valence-electron chi connectivity index (χ0n) is 17.7. The van der Waals surface area contributed by atoms with Crippen molar-refractivity contribution in [1.29, 1.82) is 0 Å². The zero-order valence-corrected chi connectivity index (χ0v) is 17.7. The van der Waals surface area contributed by atoms with Crippen LogP contribution in [0.4, 0.5) is 11.4 Å². The van der Waals surface area contributed by atoms with E-state index in [0.717, 1.165) is 36.2 Å². The van der Waals surface area contributed by atoms with Gasteiger partial charge in [-0.1, -0.05) is 31.5 Å². The molecule has 0 aliphatic carbocycles. The van der Waals surface area contributed by atoms with Gasteiger partial charge in [-0.3, -0.25) is 9.59 Å². The van der Waals surface area contributed by atoms with Crippen LogP contribution in [0.2, 0.25) is 0 Å². The maximum atomic E-state index is 12.9. The van der Waals surface area contributed by atoms with Gasteiger partial charge in [0.1, 0.15) is 5.75 Å². The van der Waals surface area contributed by atoms with Gasteiger partial charge in [0.25, 0.3) is 5.91 Å². The maximum Gasteiger partial charge on any atom is 0.270 e. The SMILES string of the molecule is CCCCc1ccc(NC(=O)CCN2C(=O)C(C)(C)Oc3ccc(C)cc32)cc1. The van der Waals surface area contributed by atoms with Gasteiger partial charge in [-0.25, -0.2) is 0 Å². The van der Waals surface area contributed by atoms with Gasteiger partial charge in [0.2, 0.25) is 5.91 Å². The van der Waals surface area contributed by atoms with Gasteiger partial charge in [-0.15, -0.1) is 0 Å². The summed E-state index contributed by atoms with van der Waals surface area (Å²) in [6.07, 6.45) is 3.60. The standard InChI is InChI=1S/C24H30N2O3/c1-5-6-7-18-9-11-19(12-10-18)25-22(27)14-15-26-20-16-17(2)8-13-21(20)29-24(3,4)23(26)28/h8-13,16H,5-7,14-15H2,1-4H3,(H,25,27). The molecule has 0 spiro atoms. The summed E-state index contributed by atoms with van der Waals surface area (Å²) in [5.74, 6) is 0.421. The van der Waals surface area contributed by atoms with Gasteiger partial charge in [0.15, 0.2) is 5.60 Å². The highest BCUT2D eigenvalue weighted by atomic mass is 16.5. The Balaban J connectivity index is 1.65. The van der Waals surface area contributed by atoms with Crippen LogP contribution in [0.5, 0.6) is 5.75 Å². The molecule has 1 N–H and O–H groups in total. The van der Waals surface area contributed by atoms with Crippen molar-refractivity contribution >= 4 is 23.2 Å². The first kappa shape index (κ1) is 20.9. The summed E-state index contributed by atoms with van der Waals surface area (Å²) in [5.41, 5.74) is 2.87. The molecular weight excluding hydrogens is 364 g/mol. The number of aryl methyl sites for hydroxylation is 2. The molecule has 0 atom stereocenters. The van der Waals surface area contributed by atoms with E-state index in [2.05, 4.69) is 24.4 Å². The summed E-state index contributed by atoms with van der Waals surface area (Å²) >= 11 is 0. The van der Waals surface area contributed by atoms with Crippen LogP contribution in [0, 0.1) is 6.92 Å². The van der Waals surface area contributed by atoms with Crippen molar-refractivity contribution in [2.75, 3.05) is 16.8 Å². The average Bonchev–Trinajstić information content (AvgIpc) is 2.68. The summed E-state index contributed by atoms with van der Waals surface area (Å²) in [6.45, 7) is 7.97. The molecular formula is C24H30N2O3. The molecule has 0 bridgehead atoms. The molecule has 2 aromatic carbocycles. The van der Waals surface area contributed by atoms with Crippen LogP contribution in [-0.2, 0) is 16.0 Å². The number of fused-ring (bicyclic) bond motifs is 1. The number of rotatable bonds is 7. The molecule has 0 fully saturated rings. The molecule has 1 aliphatic heterocycles. The lowest BCUT2D eigenvalue weighted by Crippen LogP contribution is -2.53. The molecule has 154 valence electrons. The molecule has 0 unspecified atom stereocenters. The van der Waals surface area contributed by atoms with Crippen molar-refractivity contribution < 1.29 is 14.3 Å². The van der Waals surface area contributed by atoms with E-state index < -0.39 is 5.60 Å². The molecule has 2 amide bonds. The molecule has 5 heteroatoms. The minimum atomic E-state index is -0.951. The minimum absolute atomic E-state index is 0.113. The predicted molar refractivity (Wildman–Crippen MR) is 117 cm³/mol. The lowest BCUT2D eigenvalue weighted by atomic mass is 10.0. The van der Waals surface area contributed by atoms with Crippen molar-refractivity contribution in [1.82, 2.24) is 0 Å². The fourth-order valence-electron chi connectivity index (χ4n) is 3.47. The summed E-state index contributed by atoms with van der Waals surface area (Å²) in [7, 11) is 0. The van der Waals surface area contributed by atoms with Crippen molar-refractivity contribution in [3.63, 3.8) is 0 Å². The second kappa shape index (κ2) is 8.68. The van der Waals surface area contributed by atoms with E-state index in [4.69, 9.17) is 4.74 Å². The molecule has 1 aliphatic rings. The second-order valence-corrected chi connectivity index (χ2v) is 8.14. The highest BCUT2D eigenvalue weighted by Gasteiger charge is 2.40. The fourth-order valence-corrected chi connectivity index (χ4v) is 3.47. The highest BCUT2D eigenvalue weighted by Crippen LogP contribution is 2.38. The Bertz CT molecular complexity index is 887. The molecule has 0 radical (unpaired) electrons. The number of carbonyl (C=O) groups is 2. The number of hydrogen-bond donors (Lipinski definition) is 1. The maximum absolute atomic E-state index is 12.9. The number of anilines is 2. The van der Waals surface area contributed by atoms with Crippen LogP contribution in [0.15, 0.2) is 42.5 Å². The van der Waals surface area contributed by atoms with E-state index in [0.29, 0.717) is 12.3 Å². The number of nitrogens with zero attached hydrogens (tertiary/aromatic N) is 1. The zero-order chi connectivity index (χ0) is 21.0. The van der Waals surface area contributed by atoms with E-state index >= 15 is 0 Å². The third-order valence-corrected chi connectivity index (χ3v) is 5.15. The first-order valence-corrected chi connectivity index (χ1v) is 10.3. The number of unbranched alkanes of at least 4 members (excludes halogenated alkanes) is 1. The van der Waals surface area contributed by atoms with Crippen molar-refractivity contribution in [2.24, 2.45) is 0 Å². The number of hydrogen-bond acceptors (Lipinski definition) is 3. The van der Waals surface area contributed by atoms with Crippen LogP contribution < -0.4 is 15.0 Å². The Hall–Kier alpha value is -2.82. The smallest absolute Gasteiger partial charge is 0.270 e. The van der Waals surface area contributed by atoms with Gasteiger partial charge >= 0.3 is 0 Å². The van der Waals surface area contributed by atoms with Gasteiger partial charge in [-0.2, -0.15) is 0 Å². The summed E-state index contributed by atoms with van der Waals surface area (Å²) in [5, 5.41) is 2.93. The van der Waals surface area contributed by atoms with Gasteiger partial charge < -0.3 is 15.0 Å². The highest BCUT2D eigenvalue weighted by molar-refractivity contribution is 6.03. The van der Waals surface area contributed by atoms with Gasteiger partial charge in [0, 0.05) is 18.7 Å². The van der Waals surface area contributed by atoms with E-state index in [1.807, 2.05) is 37.3 Å². The third-order valence-electron chi connectivity index (χ3n) is 5.15. The Morgan fingerprint density at radius 3 is 2.55 bits per heavy atom. The Morgan fingerprint density at radius 2 is 1.86 bits per heavy atom. The third kappa shape index (κ3) is 4.97. The number of nitrogens with one attached hydrogen (secondary N) is 1. The van der Waals surface area contributed by atoms with E-state index in [1.54, 1.807) is 18.7 Å². The van der Waals surface area contributed by atoms with Crippen LogP contribution in [0.1, 0.15) is 51.2 Å². The summed E-state index contributed by atoms with van der Waals surface area (Å²) < 4.78 is 5.87. The Labute approximate surface area is 173 Å². The monoisotopic (exact) mass is 394 g/mol. The summed E-state index contributed by atoms with van der Waals surface area (Å²) in [6, 6.07) is 13.7. The first-order valence-electron chi connectivity index (χ1n) is 10.3. The number of benzene rings is 2. The Morgan fingerprint density at radius 1 is 1.14 bits per heavy atom. The van der Waals surface area contributed by atoms with Crippen molar-refractivity contribution in [3.8, 4) is 5.75 Å². The lowest BCUT2D eigenvalue weighted by Gasteiger charge is -2.38. The number of amides is 2. The largest absolute Gasteiger partial charge is 0.476 e. The molecule has 29 heavy (non-hydrogen) atoms. The van der Waals surface area contributed by atoms with Crippen LogP contribution >= 0.6 is 0 Å². The molecule has 0 saturated carbocycles. The fraction of sp³-hybridized carbons (Fsp3) is 0.417. The number of carbonyl (C=O) groups excluding carboxylic acids is 2. The summed E-state index contributed by atoms with van der Waals surface area (Å²) in [4.78, 5) is 27.0. The molecule has 5 nitrogen and oxygen atoms in total. The molecule has 0 saturated heterocycles. The van der Waals surface area contributed by atoms with E-state index in [9.17, 15) is 9.59 Å². The predicted octanol–water partition coefficient (Wildman–Crippen LogP) is 4.87. The van der Waals surface area contributed by atoms with E-state index in [-0.39, 0.29) is 18.2 Å². The minimum Gasteiger partial charge on any atom is -0.476 e. The van der Waals surface area contributed by atoms with Crippen LogP contribution in [0.25, 0.3) is 0 Å². The first-order chi connectivity index (χ1) is 13.8. The van der Waals surface area contributed by atoms with Crippen LogP contribution in [-0.4, -0.2) is 24.0 Å². The lowest BCUT2D eigenvalue weighted by molar-refractivity contribution is -0.132. The van der Waals surface area contributed by atoms with Gasteiger partial charge in [0.05, 0.1) is 5.69 Å². The molecule has 0 aromatic heterocycles. The Kier molecular flexibility index (Phi) is 6.26. The van der Waals surface area contributed by atoms with Crippen molar-refractivity contribution in [3.05, 3.63) is 53.6 Å². The van der Waals surface area contributed by atoms with Crippen LogP contribution in [0.3, 0.4) is 0 Å². The number of ether oxygens (including phenoxy) is 1. The topological polar surface area (TPSA) is 58.6 Å². The molecule has 1 heterocycles. The molecule has 3 rings (SSSR count). The molecule has 2 aromatic rings.